The topological polar surface area (TPSA) is 90.5 Å². The largest absolute Gasteiger partial charge is 0.378 e. The maximum absolute atomic E-state index is 12.1. The third-order valence-corrected chi connectivity index (χ3v) is 3.04. The van der Waals surface area contributed by atoms with Crippen LogP contribution < -0.4 is 0 Å². The van der Waals surface area contributed by atoms with Crippen LogP contribution in [0.3, 0.4) is 0 Å². The molecule has 0 unspecified atom stereocenters. The second-order valence-electron chi connectivity index (χ2n) is 4.52. The maximum Gasteiger partial charge on any atom is 0.306 e. The summed E-state index contributed by atoms with van der Waals surface area (Å²) in [5, 5.41) is 14.4. The molecule has 19 heavy (non-hydrogen) atoms. The Morgan fingerprint density at radius 2 is 2.26 bits per heavy atom. The van der Waals surface area contributed by atoms with E-state index in [-0.39, 0.29) is 17.5 Å². The van der Waals surface area contributed by atoms with Crippen LogP contribution in [0.5, 0.6) is 0 Å². The molecule has 1 aromatic rings. The third-order valence-electron chi connectivity index (χ3n) is 3.04. The standard InChI is InChI=1S/C11H16N4O4/c1-9(11(16)13-2-4-19-5-3-13)7-14-8-10(6-12-14)15(17)18/h6,8-9H,2-5,7H2,1H3/t9-/m0/s1. The molecule has 0 aliphatic carbocycles. The molecular formula is C11H16N4O4. The maximum atomic E-state index is 12.1. The van der Waals surface area contributed by atoms with E-state index < -0.39 is 4.92 Å². The van der Waals surface area contributed by atoms with Gasteiger partial charge in [0.2, 0.25) is 5.91 Å². The zero-order chi connectivity index (χ0) is 13.8. The van der Waals surface area contributed by atoms with Gasteiger partial charge in [-0.15, -0.1) is 0 Å². The fraction of sp³-hybridized carbons (Fsp3) is 0.636. The van der Waals surface area contributed by atoms with Gasteiger partial charge in [-0.05, 0) is 0 Å². The van der Waals surface area contributed by atoms with Crippen molar-refractivity contribution in [3.8, 4) is 0 Å². The van der Waals surface area contributed by atoms with Crippen LogP contribution in [0.25, 0.3) is 0 Å². The fourth-order valence-corrected chi connectivity index (χ4v) is 2.00. The van der Waals surface area contributed by atoms with Crippen molar-refractivity contribution in [2.24, 2.45) is 5.92 Å². The van der Waals surface area contributed by atoms with Crippen LogP contribution in [0.15, 0.2) is 12.4 Å². The third kappa shape index (κ3) is 3.28. The van der Waals surface area contributed by atoms with Gasteiger partial charge in [0.1, 0.15) is 12.4 Å². The number of rotatable bonds is 4. The summed E-state index contributed by atoms with van der Waals surface area (Å²) in [7, 11) is 0. The molecule has 1 amide bonds. The van der Waals surface area contributed by atoms with Crippen LogP contribution in [-0.2, 0) is 16.1 Å². The number of ether oxygens (including phenoxy) is 1. The van der Waals surface area contributed by atoms with Gasteiger partial charge in [0, 0.05) is 13.1 Å². The van der Waals surface area contributed by atoms with Gasteiger partial charge >= 0.3 is 5.69 Å². The first-order chi connectivity index (χ1) is 9.08. The lowest BCUT2D eigenvalue weighted by atomic mass is 10.1. The van der Waals surface area contributed by atoms with Crippen LogP contribution in [0, 0.1) is 16.0 Å². The average molecular weight is 268 g/mol. The van der Waals surface area contributed by atoms with E-state index in [0.717, 1.165) is 0 Å². The fourth-order valence-electron chi connectivity index (χ4n) is 2.00. The van der Waals surface area contributed by atoms with Crippen molar-refractivity contribution in [1.82, 2.24) is 14.7 Å². The van der Waals surface area contributed by atoms with Crippen molar-refractivity contribution in [1.29, 1.82) is 0 Å². The van der Waals surface area contributed by atoms with Crippen molar-refractivity contribution in [2.45, 2.75) is 13.5 Å². The zero-order valence-electron chi connectivity index (χ0n) is 10.7. The van der Waals surface area contributed by atoms with Gasteiger partial charge in [0.05, 0.1) is 30.6 Å². The zero-order valence-corrected chi connectivity index (χ0v) is 10.7. The first-order valence-electron chi connectivity index (χ1n) is 6.11. The molecule has 1 fully saturated rings. The van der Waals surface area contributed by atoms with E-state index >= 15 is 0 Å². The Labute approximate surface area is 110 Å². The van der Waals surface area contributed by atoms with Crippen LogP contribution in [0.2, 0.25) is 0 Å². The van der Waals surface area contributed by atoms with E-state index in [1.54, 1.807) is 11.8 Å². The summed E-state index contributed by atoms with van der Waals surface area (Å²) in [5.74, 6) is -0.237. The number of nitrogens with zero attached hydrogens (tertiary/aromatic N) is 4. The summed E-state index contributed by atoms with van der Waals surface area (Å²) < 4.78 is 6.62. The normalized spacial score (nSPS) is 17.2. The SMILES string of the molecule is C[C@@H](Cn1cc([N+](=O)[O-])cn1)C(=O)N1CCOCC1. The molecule has 0 bridgehead atoms. The minimum atomic E-state index is -0.502. The number of hydrogen-bond donors (Lipinski definition) is 0. The number of hydrogen-bond acceptors (Lipinski definition) is 5. The Bertz CT molecular complexity index is 467. The van der Waals surface area contributed by atoms with E-state index in [4.69, 9.17) is 4.74 Å². The molecule has 8 nitrogen and oxygen atoms in total. The molecule has 2 rings (SSSR count). The minimum Gasteiger partial charge on any atom is -0.378 e. The number of carbonyl (C=O) groups excluding carboxylic acids is 1. The molecule has 104 valence electrons. The summed E-state index contributed by atoms with van der Waals surface area (Å²) in [6.07, 6.45) is 2.52. The predicted octanol–water partition coefficient (Wildman–Crippen LogP) is 0.286. The quantitative estimate of drug-likeness (QED) is 0.578. The summed E-state index contributed by atoms with van der Waals surface area (Å²) in [6, 6.07) is 0. The highest BCUT2D eigenvalue weighted by Gasteiger charge is 2.23. The highest BCUT2D eigenvalue weighted by Crippen LogP contribution is 2.12. The van der Waals surface area contributed by atoms with Crippen molar-refractivity contribution < 1.29 is 14.5 Å². The highest BCUT2D eigenvalue weighted by molar-refractivity contribution is 5.78. The summed E-state index contributed by atoms with van der Waals surface area (Å²) in [6.45, 7) is 4.46. The Kier molecular flexibility index (Phi) is 4.10. The van der Waals surface area contributed by atoms with Crippen LogP contribution >= 0.6 is 0 Å². The molecule has 0 radical (unpaired) electrons. The van der Waals surface area contributed by atoms with Crippen molar-refractivity contribution >= 4 is 11.6 Å². The van der Waals surface area contributed by atoms with E-state index in [1.165, 1.54) is 17.1 Å². The molecule has 0 aromatic carbocycles. The highest BCUT2D eigenvalue weighted by atomic mass is 16.6. The predicted molar refractivity (Wildman–Crippen MR) is 65.4 cm³/mol. The van der Waals surface area contributed by atoms with Crippen LogP contribution in [-0.4, -0.2) is 51.8 Å². The molecule has 1 atom stereocenters. The summed E-state index contributed by atoms with van der Waals surface area (Å²) in [4.78, 5) is 23.9. The second kappa shape index (κ2) is 5.79. The first-order valence-corrected chi connectivity index (χ1v) is 6.11. The number of carbonyl (C=O) groups is 1. The number of aromatic nitrogens is 2. The number of morpholine rings is 1. The molecule has 1 aliphatic rings. The van der Waals surface area contributed by atoms with Gasteiger partial charge in [-0.2, -0.15) is 5.10 Å². The lowest BCUT2D eigenvalue weighted by molar-refractivity contribution is -0.385. The Morgan fingerprint density at radius 3 is 2.84 bits per heavy atom. The lowest BCUT2D eigenvalue weighted by Crippen LogP contribution is -2.44. The Morgan fingerprint density at radius 1 is 1.58 bits per heavy atom. The van der Waals surface area contributed by atoms with Gasteiger partial charge in [0.15, 0.2) is 0 Å². The molecule has 0 N–H and O–H groups in total. The van der Waals surface area contributed by atoms with Crippen molar-refractivity contribution in [2.75, 3.05) is 26.3 Å². The van der Waals surface area contributed by atoms with Crippen molar-refractivity contribution in [3.63, 3.8) is 0 Å². The van der Waals surface area contributed by atoms with Gasteiger partial charge in [-0.1, -0.05) is 6.92 Å². The molecule has 1 aliphatic heterocycles. The Hall–Kier alpha value is -1.96. The van der Waals surface area contributed by atoms with E-state index in [0.29, 0.717) is 32.8 Å². The molecule has 2 heterocycles. The van der Waals surface area contributed by atoms with Crippen LogP contribution in [0.1, 0.15) is 6.92 Å². The monoisotopic (exact) mass is 268 g/mol. The van der Waals surface area contributed by atoms with Gasteiger partial charge in [0.25, 0.3) is 0 Å². The average Bonchev–Trinajstić information content (AvgIpc) is 2.87. The number of nitro groups is 1. The molecule has 0 spiro atoms. The van der Waals surface area contributed by atoms with Gasteiger partial charge in [-0.3, -0.25) is 19.6 Å². The first kappa shape index (κ1) is 13.5. The lowest BCUT2D eigenvalue weighted by Gasteiger charge is -2.29. The molecule has 8 heteroatoms. The van der Waals surface area contributed by atoms with Crippen molar-refractivity contribution in [3.05, 3.63) is 22.5 Å². The summed E-state index contributed by atoms with van der Waals surface area (Å²) in [5.41, 5.74) is -0.0639. The molecular weight excluding hydrogens is 252 g/mol. The van der Waals surface area contributed by atoms with E-state index in [2.05, 4.69) is 5.10 Å². The second-order valence-corrected chi connectivity index (χ2v) is 4.52. The van der Waals surface area contributed by atoms with Crippen LogP contribution in [0.4, 0.5) is 5.69 Å². The molecule has 0 saturated carbocycles. The van der Waals surface area contributed by atoms with E-state index in [9.17, 15) is 14.9 Å². The Balaban J connectivity index is 1.93. The minimum absolute atomic E-state index is 0.0291. The van der Waals surface area contributed by atoms with Gasteiger partial charge < -0.3 is 9.64 Å². The smallest absolute Gasteiger partial charge is 0.306 e. The van der Waals surface area contributed by atoms with Gasteiger partial charge in [-0.25, -0.2) is 0 Å². The summed E-state index contributed by atoms with van der Waals surface area (Å²) >= 11 is 0. The number of amides is 1. The van der Waals surface area contributed by atoms with E-state index in [1.807, 2.05) is 0 Å². The molecule has 1 saturated heterocycles. The molecule has 1 aromatic heterocycles.